The number of alkyl carbamates (subject to hydrolysis) is 1. The Morgan fingerprint density at radius 3 is 2.43 bits per heavy atom. The molecule has 3 rings (SSSR count). The van der Waals surface area contributed by atoms with Gasteiger partial charge in [-0.2, -0.15) is 0 Å². The van der Waals surface area contributed by atoms with Crippen molar-refractivity contribution in [2.75, 3.05) is 37.7 Å². The van der Waals surface area contributed by atoms with E-state index in [4.69, 9.17) is 4.74 Å². The van der Waals surface area contributed by atoms with E-state index in [2.05, 4.69) is 10.2 Å². The first-order chi connectivity index (χ1) is 10.1. The lowest BCUT2D eigenvalue weighted by Crippen LogP contribution is -2.53. The summed E-state index contributed by atoms with van der Waals surface area (Å²) in [4.78, 5) is 27.0. The fourth-order valence-corrected chi connectivity index (χ4v) is 2.57. The molecule has 1 aromatic rings. The molecule has 6 nitrogen and oxygen atoms in total. The molecular formula is C14H16FN3O3. The van der Waals surface area contributed by atoms with Crippen LogP contribution in [0.15, 0.2) is 24.3 Å². The Kier molecular flexibility index (Phi) is 3.64. The van der Waals surface area contributed by atoms with Crippen LogP contribution in [-0.2, 0) is 9.53 Å². The molecule has 2 aliphatic heterocycles. The van der Waals surface area contributed by atoms with E-state index < -0.39 is 12.1 Å². The van der Waals surface area contributed by atoms with Crippen LogP contribution >= 0.6 is 0 Å². The van der Waals surface area contributed by atoms with Gasteiger partial charge in [-0.25, -0.2) is 9.18 Å². The van der Waals surface area contributed by atoms with Crippen LogP contribution in [0.1, 0.15) is 0 Å². The van der Waals surface area contributed by atoms with E-state index in [1.807, 2.05) is 0 Å². The molecule has 2 fully saturated rings. The van der Waals surface area contributed by atoms with Crippen LogP contribution in [-0.4, -0.2) is 55.7 Å². The van der Waals surface area contributed by atoms with Crippen LogP contribution in [0, 0.1) is 5.82 Å². The molecule has 7 heteroatoms. The number of benzene rings is 1. The molecule has 2 amide bonds. The molecule has 0 radical (unpaired) electrons. The molecule has 2 aliphatic rings. The van der Waals surface area contributed by atoms with Crippen molar-refractivity contribution in [2.45, 2.75) is 6.04 Å². The van der Waals surface area contributed by atoms with Gasteiger partial charge in [0.25, 0.3) is 0 Å². The zero-order valence-corrected chi connectivity index (χ0v) is 11.4. The van der Waals surface area contributed by atoms with E-state index >= 15 is 0 Å². The number of nitrogens with zero attached hydrogens (tertiary/aromatic N) is 2. The number of anilines is 1. The highest BCUT2D eigenvalue weighted by atomic mass is 19.1. The van der Waals surface area contributed by atoms with E-state index in [9.17, 15) is 14.0 Å². The van der Waals surface area contributed by atoms with Crippen LogP contribution < -0.4 is 10.2 Å². The summed E-state index contributed by atoms with van der Waals surface area (Å²) in [6.07, 6.45) is -0.543. The van der Waals surface area contributed by atoms with Crippen LogP contribution in [0.5, 0.6) is 0 Å². The average Bonchev–Trinajstić information content (AvgIpc) is 2.94. The minimum atomic E-state index is -0.574. The summed E-state index contributed by atoms with van der Waals surface area (Å²) in [6, 6.07) is 5.75. The number of amides is 2. The Hall–Kier alpha value is -2.31. The molecule has 0 saturated carbocycles. The second kappa shape index (κ2) is 5.59. The number of hydrogen-bond acceptors (Lipinski definition) is 4. The SMILES string of the molecule is O=C1NC(C(=O)N2CCN(c3ccc(F)cc3)CC2)CO1. The maximum Gasteiger partial charge on any atom is 0.407 e. The van der Waals surface area contributed by atoms with Gasteiger partial charge in [0.2, 0.25) is 5.91 Å². The Labute approximate surface area is 121 Å². The number of carbonyl (C=O) groups excluding carboxylic acids is 2. The normalized spacial score (nSPS) is 22.0. The van der Waals surface area contributed by atoms with Crippen LogP contribution in [0.4, 0.5) is 14.9 Å². The van der Waals surface area contributed by atoms with Crippen molar-refractivity contribution in [1.82, 2.24) is 10.2 Å². The first kappa shape index (κ1) is 13.7. The van der Waals surface area contributed by atoms with E-state index in [0.29, 0.717) is 26.2 Å². The molecule has 21 heavy (non-hydrogen) atoms. The number of piperazine rings is 1. The lowest BCUT2D eigenvalue weighted by atomic mass is 10.2. The van der Waals surface area contributed by atoms with Gasteiger partial charge in [0, 0.05) is 31.9 Å². The summed E-state index contributed by atoms with van der Waals surface area (Å²) in [5.41, 5.74) is 0.945. The first-order valence-corrected chi connectivity index (χ1v) is 6.86. The first-order valence-electron chi connectivity index (χ1n) is 6.86. The maximum atomic E-state index is 12.9. The Balaban J connectivity index is 1.56. The van der Waals surface area contributed by atoms with Gasteiger partial charge in [-0.3, -0.25) is 4.79 Å². The average molecular weight is 293 g/mol. The number of hydrogen-bond donors (Lipinski definition) is 1. The molecule has 1 unspecified atom stereocenters. The van der Waals surface area contributed by atoms with Crippen molar-refractivity contribution in [3.63, 3.8) is 0 Å². The molecule has 2 heterocycles. The van der Waals surface area contributed by atoms with E-state index in [1.54, 1.807) is 17.0 Å². The molecule has 1 N–H and O–H groups in total. The Bertz CT molecular complexity index is 541. The van der Waals surface area contributed by atoms with Crippen LogP contribution in [0.3, 0.4) is 0 Å². The van der Waals surface area contributed by atoms with E-state index in [-0.39, 0.29) is 18.3 Å². The fraction of sp³-hybridized carbons (Fsp3) is 0.429. The third-order valence-electron chi connectivity index (χ3n) is 3.75. The van der Waals surface area contributed by atoms with Crippen LogP contribution in [0.25, 0.3) is 0 Å². The van der Waals surface area contributed by atoms with E-state index in [1.165, 1.54) is 12.1 Å². The Morgan fingerprint density at radius 1 is 1.19 bits per heavy atom. The van der Waals surface area contributed by atoms with Crippen molar-refractivity contribution in [3.8, 4) is 0 Å². The molecule has 0 aliphatic carbocycles. The molecule has 0 bridgehead atoms. The summed E-state index contributed by atoms with van der Waals surface area (Å²) < 4.78 is 17.6. The van der Waals surface area contributed by atoms with Gasteiger partial charge < -0.3 is 19.9 Å². The quantitative estimate of drug-likeness (QED) is 0.866. The fourth-order valence-electron chi connectivity index (χ4n) is 2.57. The van der Waals surface area contributed by atoms with Gasteiger partial charge in [0.15, 0.2) is 0 Å². The highest BCUT2D eigenvalue weighted by Crippen LogP contribution is 2.17. The van der Waals surface area contributed by atoms with Crippen molar-refractivity contribution in [3.05, 3.63) is 30.1 Å². The number of rotatable bonds is 2. The Morgan fingerprint density at radius 2 is 1.86 bits per heavy atom. The lowest BCUT2D eigenvalue weighted by molar-refractivity contribution is -0.133. The van der Waals surface area contributed by atoms with Crippen molar-refractivity contribution in [2.24, 2.45) is 0 Å². The number of ether oxygens (including phenoxy) is 1. The van der Waals surface area contributed by atoms with Crippen molar-refractivity contribution < 1.29 is 18.7 Å². The van der Waals surface area contributed by atoms with Gasteiger partial charge in [-0.15, -0.1) is 0 Å². The number of halogens is 1. The van der Waals surface area contributed by atoms with Gasteiger partial charge >= 0.3 is 6.09 Å². The second-order valence-corrected chi connectivity index (χ2v) is 5.08. The van der Waals surface area contributed by atoms with Gasteiger partial charge in [-0.1, -0.05) is 0 Å². The largest absolute Gasteiger partial charge is 0.447 e. The molecule has 1 aromatic carbocycles. The minimum absolute atomic E-state index is 0.0931. The third-order valence-corrected chi connectivity index (χ3v) is 3.75. The van der Waals surface area contributed by atoms with Crippen molar-refractivity contribution in [1.29, 1.82) is 0 Å². The predicted octanol–water partition coefficient (Wildman–Crippen LogP) is 0.583. The highest BCUT2D eigenvalue weighted by Gasteiger charge is 2.33. The summed E-state index contributed by atoms with van der Waals surface area (Å²) in [5, 5.41) is 2.49. The van der Waals surface area contributed by atoms with Gasteiger partial charge in [0.1, 0.15) is 18.5 Å². The predicted molar refractivity (Wildman–Crippen MR) is 73.5 cm³/mol. The molecular weight excluding hydrogens is 277 g/mol. The van der Waals surface area contributed by atoms with Gasteiger partial charge in [0.05, 0.1) is 0 Å². The summed E-state index contributed by atoms with van der Waals surface area (Å²) in [6.45, 7) is 2.60. The number of cyclic esters (lactones) is 1. The smallest absolute Gasteiger partial charge is 0.407 e. The highest BCUT2D eigenvalue weighted by molar-refractivity contribution is 5.88. The summed E-state index contributed by atoms with van der Waals surface area (Å²) in [5.74, 6) is -0.371. The van der Waals surface area contributed by atoms with Crippen LogP contribution in [0.2, 0.25) is 0 Å². The summed E-state index contributed by atoms with van der Waals surface area (Å²) >= 11 is 0. The third kappa shape index (κ3) is 2.91. The van der Waals surface area contributed by atoms with Gasteiger partial charge in [-0.05, 0) is 24.3 Å². The molecule has 0 spiro atoms. The lowest BCUT2D eigenvalue weighted by Gasteiger charge is -2.36. The topological polar surface area (TPSA) is 61.9 Å². The number of carbonyl (C=O) groups is 2. The number of nitrogens with one attached hydrogen (secondary N) is 1. The molecule has 0 aromatic heterocycles. The van der Waals surface area contributed by atoms with E-state index in [0.717, 1.165) is 5.69 Å². The standard InChI is InChI=1S/C14H16FN3O3/c15-10-1-3-11(4-2-10)17-5-7-18(8-6-17)13(19)12-9-21-14(20)16-12/h1-4,12H,5-9H2,(H,16,20). The maximum absolute atomic E-state index is 12.9. The molecule has 112 valence electrons. The zero-order valence-electron chi connectivity index (χ0n) is 11.4. The van der Waals surface area contributed by atoms with Crippen molar-refractivity contribution >= 4 is 17.7 Å². The monoisotopic (exact) mass is 293 g/mol. The molecule has 2 saturated heterocycles. The summed E-state index contributed by atoms with van der Waals surface area (Å²) in [7, 11) is 0. The molecule has 1 atom stereocenters. The second-order valence-electron chi connectivity index (χ2n) is 5.08. The minimum Gasteiger partial charge on any atom is -0.447 e. The zero-order chi connectivity index (χ0) is 14.8.